The van der Waals surface area contributed by atoms with Gasteiger partial charge in [-0.3, -0.25) is 0 Å². The fourth-order valence-electron chi connectivity index (χ4n) is 2.32. The van der Waals surface area contributed by atoms with Gasteiger partial charge < -0.3 is 5.32 Å². The first kappa shape index (κ1) is 13.0. The molecule has 1 heteroatoms. The van der Waals surface area contributed by atoms with Crippen LogP contribution in [0.4, 0.5) is 0 Å². The van der Waals surface area contributed by atoms with Crippen LogP contribution in [0.15, 0.2) is 0 Å². The van der Waals surface area contributed by atoms with E-state index in [9.17, 15) is 0 Å². The Kier molecular flexibility index (Phi) is 3.55. The average molecular weight is 211 g/mol. The maximum atomic E-state index is 3.59. The molecule has 1 rings (SSSR count). The summed E-state index contributed by atoms with van der Waals surface area (Å²) in [6, 6.07) is 0. The third kappa shape index (κ3) is 3.79. The van der Waals surface area contributed by atoms with Gasteiger partial charge in [0.2, 0.25) is 0 Å². The molecule has 0 atom stereocenters. The van der Waals surface area contributed by atoms with E-state index in [1.807, 2.05) is 0 Å². The molecule has 0 aromatic carbocycles. The third-order valence-electron chi connectivity index (χ3n) is 3.88. The fraction of sp³-hybridized carbons (Fsp3) is 1.00. The lowest BCUT2D eigenvalue weighted by molar-refractivity contribution is 0.195. The molecule has 0 radical (unpaired) electrons. The lowest BCUT2D eigenvalue weighted by Gasteiger charge is -2.31. The largest absolute Gasteiger partial charge is 0.316 e. The molecule has 0 saturated heterocycles. The summed E-state index contributed by atoms with van der Waals surface area (Å²) in [5.74, 6) is 0. The summed E-state index contributed by atoms with van der Waals surface area (Å²) in [5.41, 5.74) is 1.56. The van der Waals surface area contributed by atoms with Gasteiger partial charge in [0, 0.05) is 0 Å². The van der Waals surface area contributed by atoms with E-state index >= 15 is 0 Å². The predicted octanol–water partition coefficient (Wildman–Crippen LogP) is 3.84. The number of rotatable bonds is 4. The van der Waals surface area contributed by atoms with E-state index in [0.29, 0.717) is 16.2 Å². The molecule has 0 amide bonds. The minimum atomic E-state index is 0.415. The van der Waals surface area contributed by atoms with Crippen LogP contribution in [0, 0.1) is 16.2 Å². The van der Waals surface area contributed by atoms with E-state index in [4.69, 9.17) is 0 Å². The number of nitrogens with one attached hydrogen (secondary N) is 1. The summed E-state index contributed by atoms with van der Waals surface area (Å²) in [4.78, 5) is 0. The second kappa shape index (κ2) is 4.08. The highest BCUT2D eigenvalue weighted by atomic mass is 14.9. The van der Waals surface area contributed by atoms with Gasteiger partial charge in [0.1, 0.15) is 0 Å². The molecule has 1 nitrogen and oxygen atoms in total. The predicted molar refractivity (Wildman–Crippen MR) is 68.1 cm³/mol. The maximum absolute atomic E-state index is 3.59. The van der Waals surface area contributed by atoms with Crippen LogP contribution in [-0.4, -0.2) is 13.1 Å². The van der Waals surface area contributed by atoms with Crippen LogP contribution in [0.1, 0.15) is 60.8 Å². The monoisotopic (exact) mass is 211 g/mol. The van der Waals surface area contributed by atoms with Crippen LogP contribution in [-0.2, 0) is 0 Å². The van der Waals surface area contributed by atoms with E-state index in [2.05, 4.69) is 46.9 Å². The van der Waals surface area contributed by atoms with Gasteiger partial charge in [-0.1, -0.05) is 41.5 Å². The van der Waals surface area contributed by atoms with Gasteiger partial charge >= 0.3 is 0 Å². The summed E-state index contributed by atoms with van der Waals surface area (Å²) in [6.45, 7) is 16.4. The molecule has 1 N–H and O–H groups in total. The number of hydrogen-bond donors (Lipinski definition) is 1. The van der Waals surface area contributed by atoms with Crippen LogP contribution in [0.5, 0.6) is 0 Å². The molecule has 0 unspecified atom stereocenters. The van der Waals surface area contributed by atoms with Crippen molar-refractivity contribution in [1.29, 1.82) is 0 Å². The van der Waals surface area contributed by atoms with Crippen molar-refractivity contribution in [2.45, 2.75) is 60.8 Å². The van der Waals surface area contributed by atoms with Crippen LogP contribution >= 0.6 is 0 Å². The molecule has 90 valence electrons. The van der Waals surface area contributed by atoms with E-state index < -0.39 is 0 Å². The zero-order chi connectivity index (χ0) is 11.7. The van der Waals surface area contributed by atoms with Crippen molar-refractivity contribution in [2.24, 2.45) is 16.2 Å². The van der Waals surface area contributed by atoms with Crippen LogP contribution in [0.2, 0.25) is 0 Å². The van der Waals surface area contributed by atoms with Crippen molar-refractivity contribution >= 4 is 0 Å². The first-order valence-electron chi connectivity index (χ1n) is 6.37. The quantitative estimate of drug-likeness (QED) is 0.697. The van der Waals surface area contributed by atoms with E-state index in [0.717, 1.165) is 6.54 Å². The molecule has 15 heavy (non-hydrogen) atoms. The highest BCUT2D eigenvalue weighted by molar-refractivity contribution is 5.01. The standard InChI is InChI=1S/C14H29N/c1-12(2,3)11-15-10-9-14(7-8-14)13(4,5)6/h15H,7-11H2,1-6H3. The molecule has 0 bridgehead atoms. The molecule has 1 saturated carbocycles. The second-order valence-corrected chi connectivity index (χ2v) is 7.52. The zero-order valence-electron chi connectivity index (χ0n) is 11.5. The minimum absolute atomic E-state index is 0.415. The first-order valence-corrected chi connectivity index (χ1v) is 6.37. The molecular formula is C14H29N. The van der Waals surface area contributed by atoms with E-state index in [1.165, 1.54) is 25.8 Å². The van der Waals surface area contributed by atoms with Gasteiger partial charge in [-0.15, -0.1) is 0 Å². The smallest absolute Gasteiger partial charge is 0.0000122 e. The summed E-state index contributed by atoms with van der Waals surface area (Å²) in [7, 11) is 0. The van der Waals surface area contributed by atoms with Crippen molar-refractivity contribution < 1.29 is 0 Å². The molecular weight excluding hydrogens is 182 g/mol. The molecule has 1 aliphatic carbocycles. The highest BCUT2D eigenvalue weighted by Gasteiger charge is 2.50. The lowest BCUT2D eigenvalue weighted by atomic mass is 9.75. The Labute approximate surface area is 96.0 Å². The van der Waals surface area contributed by atoms with E-state index in [1.54, 1.807) is 0 Å². The second-order valence-electron chi connectivity index (χ2n) is 7.52. The van der Waals surface area contributed by atoms with Crippen molar-refractivity contribution in [3.05, 3.63) is 0 Å². The first-order chi connectivity index (χ1) is 6.66. The van der Waals surface area contributed by atoms with Gasteiger partial charge in [0.15, 0.2) is 0 Å². The molecule has 0 heterocycles. The fourth-order valence-corrected chi connectivity index (χ4v) is 2.32. The van der Waals surface area contributed by atoms with Crippen molar-refractivity contribution in [3.63, 3.8) is 0 Å². The summed E-state index contributed by atoms with van der Waals surface area (Å²) in [5, 5.41) is 3.59. The van der Waals surface area contributed by atoms with Gasteiger partial charge in [-0.25, -0.2) is 0 Å². The Morgan fingerprint density at radius 1 is 1.00 bits per heavy atom. The zero-order valence-corrected chi connectivity index (χ0v) is 11.5. The maximum Gasteiger partial charge on any atom is -0.0000122 e. The summed E-state index contributed by atoms with van der Waals surface area (Å²) >= 11 is 0. The van der Waals surface area contributed by atoms with Gasteiger partial charge in [-0.05, 0) is 48.6 Å². The normalized spacial score (nSPS) is 20.4. The third-order valence-corrected chi connectivity index (χ3v) is 3.88. The summed E-state index contributed by atoms with van der Waals surface area (Å²) < 4.78 is 0. The van der Waals surface area contributed by atoms with Crippen LogP contribution < -0.4 is 5.32 Å². The van der Waals surface area contributed by atoms with Crippen molar-refractivity contribution in [1.82, 2.24) is 5.32 Å². The Hall–Kier alpha value is -0.0400. The van der Waals surface area contributed by atoms with Gasteiger partial charge in [0.05, 0.1) is 0 Å². The van der Waals surface area contributed by atoms with E-state index in [-0.39, 0.29) is 0 Å². The Balaban J connectivity index is 2.22. The molecule has 1 aliphatic rings. The highest BCUT2D eigenvalue weighted by Crippen LogP contribution is 2.60. The molecule has 0 aromatic heterocycles. The Morgan fingerprint density at radius 3 is 1.87 bits per heavy atom. The van der Waals surface area contributed by atoms with Crippen LogP contribution in [0.3, 0.4) is 0 Å². The Bertz CT molecular complexity index is 200. The summed E-state index contributed by atoms with van der Waals surface area (Å²) in [6.07, 6.45) is 4.23. The topological polar surface area (TPSA) is 12.0 Å². The number of hydrogen-bond acceptors (Lipinski definition) is 1. The minimum Gasteiger partial charge on any atom is -0.316 e. The lowest BCUT2D eigenvalue weighted by Crippen LogP contribution is -2.31. The molecule has 1 fully saturated rings. The average Bonchev–Trinajstić information content (AvgIpc) is 2.75. The van der Waals surface area contributed by atoms with Gasteiger partial charge in [0.25, 0.3) is 0 Å². The van der Waals surface area contributed by atoms with Gasteiger partial charge in [-0.2, -0.15) is 0 Å². The van der Waals surface area contributed by atoms with Crippen molar-refractivity contribution in [3.8, 4) is 0 Å². The van der Waals surface area contributed by atoms with Crippen LogP contribution in [0.25, 0.3) is 0 Å². The SMILES string of the molecule is CC(C)(C)CNCCC1(C(C)(C)C)CC1. The Morgan fingerprint density at radius 2 is 1.53 bits per heavy atom. The van der Waals surface area contributed by atoms with Crippen molar-refractivity contribution in [2.75, 3.05) is 13.1 Å². The molecule has 0 spiro atoms. The molecule has 0 aromatic rings. The molecule has 0 aliphatic heterocycles.